The van der Waals surface area contributed by atoms with Crippen molar-refractivity contribution in [3.8, 4) is 0 Å². The normalized spacial score (nSPS) is 25.9. The zero-order chi connectivity index (χ0) is 26.5. The number of halogens is 3. The number of likely N-dealkylation sites (tertiary alicyclic amines) is 2. The summed E-state index contributed by atoms with van der Waals surface area (Å²) in [6.07, 6.45) is 7.29. The molecule has 2 aromatic rings. The molecule has 0 radical (unpaired) electrons. The van der Waals surface area contributed by atoms with Crippen molar-refractivity contribution in [1.82, 2.24) is 25.0 Å². The topological polar surface area (TPSA) is 106 Å². The van der Waals surface area contributed by atoms with Crippen LogP contribution in [0.3, 0.4) is 0 Å². The minimum absolute atomic E-state index is 0.142. The average molecular weight is 549 g/mol. The third kappa shape index (κ3) is 3.93. The second kappa shape index (κ2) is 7.95. The van der Waals surface area contributed by atoms with Gasteiger partial charge in [0.1, 0.15) is 11.6 Å². The Morgan fingerprint density at radius 1 is 0.947 bits per heavy atom. The van der Waals surface area contributed by atoms with E-state index >= 15 is 0 Å². The number of rotatable bonds is 5. The Balaban J connectivity index is 0.842. The molecule has 8 nitrogen and oxygen atoms in total. The van der Waals surface area contributed by atoms with Crippen molar-refractivity contribution >= 4 is 15.8 Å². The highest BCUT2D eigenvalue weighted by atomic mass is 32.2. The van der Waals surface area contributed by atoms with E-state index in [0.717, 1.165) is 87.6 Å². The minimum Gasteiger partial charge on any atom is -0.328 e. The molecule has 0 unspecified atom stereocenters. The fraction of sp³-hybridized carbons (Fsp3) is 0.654. The highest BCUT2D eigenvalue weighted by Crippen LogP contribution is 2.57. The van der Waals surface area contributed by atoms with E-state index < -0.39 is 20.1 Å². The molecule has 5 fully saturated rings. The van der Waals surface area contributed by atoms with Gasteiger partial charge < -0.3 is 14.8 Å². The summed E-state index contributed by atoms with van der Waals surface area (Å²) in [5.41, 5.74) is -3.75. The van der Waals surface area contributed by atoms with Gasteiger partial charge in [0, 0.05) is 48.8 Å². The Bertz CT molecular complexity index is 1360. The number of nitrogens with zero attached hydrogens (tertiary/aromatic N) is 4. The standard InChI is InChI=1S/C26H31F3N6O2S/c27-26(28,29)38(30,37)20-5-1-16(2-6-20)7-17-8-24(9-17)12-34(13-24)23(36)35-14-25(15-35)10-19(11-25)22-31-21(32-33-22)18-3-4-18/h1-2,5-6,17-19,30H,3-4,7-15H2,(H,31,32,33)/t38-/m0/s1. The van der Waals surface area contributed by atoms with Gasteiger partial charge >= 0.3 is 11.5 Å². The number of amides is 2. The zero-order valence-corrected chi connectivity index (χ0v) is 21.8. The van der Waals surface area contributed by atoms with Gasteiger partial charge in [0.05, 0.1) is 4.90 Å². The van der Waals surface area contributed by atoms with Crippen molar-refractivity contribution in [3.05, 3.63) is 41.5 Å². The van der Waals surface area contributed by atoms with Gasteiger partial charge in [-0.3, -0.25) is 0 Å². The smallest absolute Gasteiger partial charge is 0.328 e. The lowest BCUT2D eigenvalue weighted by atomic mass is 9.56. The van der Waals surface area contributed by atoms with Gasteiger partial charge in [-0.2, -0.15) is 13.2 Å². The summed E-state index contributed by atoms with van der Waals surface area (Å²) in [6.45, 7) is 3.21. The molecule has 3 aliphatic carbocycles. The van der Waals surface area contributed by atoms with E-state index in [1.54, 1.807) is 12.1 Å². The van der Waals surface area contributed by atoms with Crippen LogP contribution in [0.1, 0.15) is 67.6 Å². The van der Waals surface area contributed by atoms with E-state index in [0.29, 0.717) is 17.8 Å². The highest BCUT2D eigenvalue weighted by Gasteiger charge is 2.58. The third-order valence-corrected chi connectivity index (χ3v) is 11.0. The molecule has 3 saturated carbocycles. The number of nitrogens with one attached hydrogen (secondary N) is 2. The molecule has 3 heterocycles. The van der Waals surface area contributed by atoms with Gasteiger partial charge in [-0.1, -0.05) is 12.1 Å². The Hall–Kier alpha value is -2.63. The van der Waals surface area contributed by atoms with Crippen LogP contribution in [0.2, 0.25) is 0 Å². The number of carbonyl (C=O) groups is 1. The molecule has 0 bridgehead atoms. The number of alkyl halides is 3. The Kier molecular flexibility index (Phi) is 5.11. The zero-order valence-electron chi connectivity index (χ0n) is 21.0. The van der Waals surface area contributed by atoms with Crippen LogP contribution in [0, 0.1) is 21.5 Å². The van der Waals surface area contributed by atoms with E-state index in [2.05, 4.69) is 15.2 Å². The Morgan fingerprint density at radius 2 is 1.47 bits per heavy atom. The van der Waals surface area contributed by atoms with Crippen LogP contribution in [0.25, 0.3) is 0 Å². The van der Waals surface area contributed by atoms with Crippen molar-refractivity contribution < 1.29 is 22.2 Å². The second-order valence-electron chi connectivity index (χ2n) is 12.6. The monoisotopic (exact) mass is 548 g/mol. The summed E-state index contributed by atoms with van der Waals surface area (Å²) in [5, 5.41) is 8.66. The van der Waals surface area contributed by atoms with E-state index in [1.165, 1.54) is 12.8 Å². The number of urea groups is 1. The maximum Gasteiger partial charge on any atom is 0.483 e. The number of hydrogen-bond donors (Lipinski definition) is 2. The summed E-state index contributed by atoms with van der Waals surface area (Å²) >= 11 is 0. The Morgan fingerprint density at radius 3 is 2.00 bits per heavy atom. The van der Waals surface area contributed by atoms with E-state index in [4.69, 9.17) is 4.78 Å². The van der Waals surface area contributed by atoms with Crippen LogP contribution in [-0.4, -0.2) is 66.9 Å². The lowest BCUT2D eigenvalue weighted by Crippen LogP contribution is -2.70. The molecule has 2 amide bonds. The summed E-state index contributed by atoms with van der Waals surface area (Å²) in [6, 6.07) is 5.57. The van der Waals surface area contributed by atoms with Crippen molar-refractivity contribution in [3.63, 3.8) is 0 Å². The fourth-order valence-corrected chi connectivity index (χ4v) is 8.09. The summed E-state index contributed by atoms with van der Waals surface area (Å²) in [5.74, 6) is 3.49. The van der Waals surface area contributed by atoms with Crippen LogP contribution in [0.5, 0.6) is 0 Å². The quantitative estimate of drug-likeness (QED) is 0.557. The summed E-state index contributed by atoms with van der Waals surface area (Å²) < 4.78 is 57.5. The van der Waals surface area contributed by atoms with E-state index in [1.807, 2.05) is 9.80 Å². The van der Waals surface area contributed by atoms with Crippen molar-refractivity contribution in [2.75, 3.05) is 26.2 Å². The number of carbonyl (C=O) groups excluding carboxylic acids is 1. The first-order valence-electron chi connectivity index (χ1n) is 13.3. The van der Waals surface area contributed by atoms with Gasteiger partial charge in [-0.25, -0.2) is 13.8 Å². The molecule has 7 rings (SSSR count). The van der Waals surface area contributed by atoms with Gasteiger partial charge in [-0.05, 0) is 68.6 Å². The molecule has 1 aromatic heterocycles. The van der Waals surface area contributed by atoms with Gasteiger partial charge in [0.15, 0.2) is 9.73 Å². The molecule has 5 aliphatic rings. The third-order valence-electron chi connectivity index (χ3n) is 9.43. The number of hydrogen-bond acceptors (Lipinski definition) is 5. The predicted octanol–water partition coefficient (Wildman–Crippen LogP) is 4.86. The number of H-pyrrole nitrogens is 1. The van der Waals surface area contributed by atoms with Crippen molar-refractivity contribution in [2.24, 2.45) is 16.7 Å². The maximum absolute atomic E-state index is 13.0. The first-order chi connectivity index (χ1) is 17.9. The summed E-state index contributed by atoms with van der Waals surface area (Å²) in [7, 11) is -4.81. The molecule has 38 heavy (non-hydrogen) atoms. The maximum atomic E-state index is 13.0. The first kappa shape index (κ1) is 24.4. The van der Waals surface area contributed by atoms with E-state index in [-0.39, 0.29) is 16.9 Å². The molecule has 2 aliphatic heterocycles. The van der Waals surface area contributed by atoms with E-state index in [9.17, 15) is 22.2 Å². The fourth-order valence-electron chi connectivity index (χ4n) is 7.30. The SMILES string of the molecule is N=[S@](=O)(c1ccc(CC2CC3(C2)CN(C(=O)N2CC4(CC(c5nnc(C6CC6)[nH]5)C4)C2)C3)cc1)C(F)(F)F. The van der Waals surface area contributed by atoms with Gasteiger partial charge in [0.25, 0.3) is 0 Å². The first-order valence-corrected chi connectivity index (χ1v) is 14.9. The predicted molar refractivity (Wildman–Crippen MR) is 132 cm³/mol. The van der Waals surface area contributed by atoms with Gasteiger partial charge in [0.2, 0.25) is 0 Å². The minimum atomic E-state index is -5.07. The highest BCUT2D eigenvalue weighted by molar-refractivity contribution is 7.93. The molecule has 2 N–H and O–H groups in total. The molecule has 204 valence electrons. The second-order valence-corrected chi connectivity index (χ2v) is 14.6. The molecular formula is C26H31F3N6O2S. The average Bonchev–Trinajstić information content (AvgIpc) is 3.49. The van der Waals surface area contributed by atoms with Crippen LogP contribution in [0.4, 0.5) is 18.0 Å². The van der Waals surface area contributed by atoms with Crippen LogP contribution in [0.15, 0.2) is 29.2 Å². The van der Waals surface area contributed by atoms with Crippen LogP contribution >= 0.6 is 0 Å². The van der Waals surface area contributed by atoms with Gasteiger partial charge in [-0.15, -0.1) is 10.2 Å². The molecule has 2 spiro atoms. The van der Waals surface area contributed by atoms with Crippen LogP contribution in [-0.2, 0) is 16.1 Å². The van der Waals surface area contributed by atoms with Crippen molar-refractivity contribution in [2.45, 2.75) is 67.2 Å². The number of aromatic amines is 1. The molecule has 12 heteroatoms. The lowest BCUT2D eigenvalue weighted by Gasteiger charge is -2.63. The molecule has 1 atom stereocenters. The number of aromatic nitrogens is 3. The largest absolute Gasteiger partial charge is 0.483 e. The summed E-state index contributed by atoms with van der Waals surface area (Å²) in [4.78, 5) is 19.8. The van der Waals surface area contributed by atoms with Crippen LogP contribution < -0.4 is 0 Å². The molecular weight excluding hydrogens is 517 g/mol. The lowest BCUT2D eigenvalue weighted by molar-refractivity contribution is -0.100. The molecule has 1 aromatic carbocycles. The van der Waals surface area contributed by atoms with Crippen molar-refractivity contribution in [1.29, 1.82) is 4.78 Å². The Labute approximate surface area is 219 Å². The number of benzene rings is 1. The molecule has 2 saturated heterocycles.